The summed E-state index contributed by atoms with van der Waals surface area (Å²) in [5.74, 6) is 0. The molecule has 0 saturated carbocycles. The zero-order valence-electron chi connectivity index (χ0n) is 13.2. The molecule has 4 atom stereocenters. The molecule has 0 aromatic heterocycles. The average molecular weight is 290 g/mol. The maximum atomic E-state index is 10.2. The fourth-order valence-corrected chi connectivity index (χ4v) is 2.89. The third kappa shape index (κ3) is 2.90. The van der Waals surface area contributed by atoms with E-state index in [0.29, 0.717) is 6.42 Å². The predicted octanol–water partition coefficient (Wildman–Crippen LogP) is 1.31. The highest BCUT2D eigenvalue weighted by Crippen LogP contribution is 2.33. The Bertz CT molecular complexity index is 515. The third-order valence-electron chi connectivity index (χ3n) is 4.83. The van der Waals surface area contributed by atoms with Crippen LogP contribution in [0.4, 0.5) is 0 Å². The molecule has 0 bridgehead atoms. The number of allylic oxidation sites excluding steroid dienone is 4. The molecule has 2 aliphatic carbocycles. The molecule has 116 valence electrons. The zero-order valence-corrected chi connectivity index (χ0v) is 13.2. The van der Waals surface area contributed by atoms with Gasteiger partial charge >= 0.3 is 0 Å². The van der Waals surface area contributed by atoms with E-state index in [1.807, 2.05) is 26.0 Å². The predicted molar refractivity (Wildman–Crippen MR) is 85.5 cm³/mol. The topological polar surface area (TPSA) is 92.5 Å². The molecular weight excluding hydrogens is 264 g/mol. The Balaban J connectivity index is 2.28. The van der Waals surface area contributed by atoms with E-state index in [9.17, 15) is 10.2 Å². The van der Waals surface area contributed by atoms with E-state index in [2.05, 4.69) is 0 Å². The molecular formula is C17H26N2O2. The zero-order chi connectivity index (χ0) is 16.0. The summed E-state index contributed by atoms with van der Waals surface area (Å²) in [5.41, 5.74) is 14.4. The molecule has 4 heteroatoms. The molecule has 0 amide bonds. The monoisotopic (exact) mass is 290 g/mol. The summed E-state index contributed by atoms with van der Waals surface area (Å²) >= 11 is 0. The number of rotatable bonds is 2. The van der Waals surface area contributed by atoms with Crippen LogP contribution in [-0.2, 0) is 0 Å². The Labute approximate surface area is 126 Å². The number of nitrogens with two attached hydrogens (primary N) is 2. The summed E-state index contributed by atoms with van der Waals surface area (Å²) in [6, 6.07) is -0.800. The van der Waals surface area contributed by atoms with Gasteiger partial charge < -0.3 is 21.7 Å². The molecule has 21 heavy (non-hydrogen) atoms. The number of hydrogen-bond acceptors (Lipinski definition) is 4. The van der Waals surface area contributed by atoms with Crippen LogP contribution in [0.3, 0.4) is 0 Å². The number of aliphatic hydroxyl groups is 2. The van der Waals surface area contributed by atoms with E-state index < -0.39 is 23.3 Å². The van der Waals surface area contributed by atoms with Crippen LogP contribution in [0.5, 0.6) is 0 Å². The molecule has 0 heterocycles. The van der Waals surface area contributed by atoms with E-state index >= 15 is 0 Å². The van der Waals surface area contributed by atoms with Crippen molar-refractivity contribution in [3.05, 3.63) is 46.6 Å². The molecule has 2 aliphatic rings. The van der Waals surface area contributed by atoms with Gasteiger partial charge in [-0.2, -0.15) is 0 Å². The van der Waals surface area contributed by atoms with Gasteiger partial charge in [0.05, 0.1) is 23.3 Å². The lowest BCUT2D eigenvalue weighted by Crippen LogP contribution is -2.47. The maximum Gasteiger partial charge on any atom is 0.0991 e. The largest absolute Gasteiger partial charge is 0.384 e. The van der Waals surface area contributed by atoms with E-state index in [0.717, 1.165) is 22.3 Å². The lowest BCUT2D eigenvalue weighted by atomic mass is 9.78. The molecule has 0 spiro atoms. The lowest BCUT2D eigenvalue weighted by Gasteiger charge is -2.35. The van der Waals surface area contributed by atoms with Crippen LogP contribution < -0.4 is 11.5 Å². The van der Waals surface area contributed by atoms with Crippen LogP contribution in [0.15, 0.2) is 46.6 Å². The minimum Gasteiger partial charge on any atom is -0.384 e. The summed E-state index contributed by atoms with van der Waals surface area (Å²) in [6.45, 7) is 7.34. The first-order chi connectivity index (χ1) is 9.56. The van der Waals surface area contributed by atoms with Crippen molar-refractivity contribution in [3.8, 4) is 0 Å². The van der Waals surface area contributed by atoms with Gasteiger partial charge in [-0.25, -0.2) is 0 Å². The Morgan fingerprint density at radius 1 is 0.905 bits per heavy atom. The first-order valence-corrected chi connectivity index (χ1v) is 7.30. The summed E-state index contributed by atoms with van der Waals surface area (Å²) in [6.07, 6.45) is 8.07. The van der Waals surface area contributed by atoms with Gasteiger partial charge in [0.1, 0.15) is 0 Å². The Kier molecular flexibility index (Phi) is 4.02. The second-order valence-electron chi connectivity index (χ2n) is 6.67. The fraction of sp³-hybridized carbons (Fsp3) is 0.529. The molecule has 0 fully saturated rings. The summed E-state index contributed by atoms with van der Waals surface area (Å²) in [7, 11) is 0. The second kappa shape index (κ2) is 5.21. The average Bonchev–Trinajstić information content (AvgIpc) is 2.40. The summed E-state index contributed by atoms with van der Waals surface area (Å²) in [4.78, 5) is 0. The quantitative estimate of drug-likeness (QED) is 0.617. The van der Waals surface area contributed by atoms with Gasteiger partial charge in [0.2, 0.25) is 0 Å². The summed E-state index contributed by atoms with van der Waals surface area (Å²) < 4.78 is 0. The first-order valence-electron chi connectivity index (χ1n) is 7.30. The molecule has 2 rings (SSSR count). The maximum absolute atomic E-state index is 10.2. The van der Waals surface area contributed by atoms with Crippen molar-refractivity contribution in [1.29, 1.82) is 0 Å². The van der Waals surface area contributed by atoms with Crippen molar-refractivity contribution in [1.82, 2.24) is 0 Å². The van der Waals surface area contributed by atoms with Crippen molar-refractivity contribution >= 4 is 0 Å². The van der Waals surface area contributed by atoms with Crippen LogP contribution in [0.25, 0.3) is 0 Å². The molecule has 0 radical (unpaired) electrons. The number of hydrogen-bond donors (Lipinski definition) is 4. The van der Waals surface area contributed by atoms with Crippen molar-refractivity contribution in [2.75, 3.05) is 0 Å². The Morgan fingerprint density at radius 3 is 1.57 bits per heavy atom. The molecule has 0 saturated heterocycles. The normalized spacial score (nSPS) is 40.2. The molecule has 4 unspecified atom stereocenters. The minimum atomic E-state index is -1.00. The van der Waals surface area contributed by atoms with Crippen molar-refractivity contribution in [2.24, 2.45) is 11.5 Å². The van der Waals surface area contributed by atoms with Gasteiger partial charge in [-0.1, -0.05) is 24.3 Å². The molecule has 0 aromatic rings. The van der Waals surface area contributed by atoms with Gasteiger partial charge in [0.15, 0.2) is 0 Å². The standard InChI is InChI=1S/C17H26N2O2/c1-10-12(5-7-16(3,20)14(10)18)9-13-6-8-17(4,21)15(19)11(13)2/h5-8,14-15,20-21H,9,18-19H2,1-4H3. The highest BCUT2D eigenvalue weighted by Gasteiger charge is 2.34. The van der Waals surface area contributed by atoms with Crippen LogP contribution >= 0.6 is 0 Å². The second-order valence-corrected chi connectivity index (χ2v) is 6.67. The summed E-state index contributed by atoms with van der Waals surface area (Å²) in [5, 5.41) is 20.3. The van der Waals surface area contributed by atoms with Gasteiger partial charge in [-0.15, -0.1) is 0 Å². The third-order valence-corrected chi connectivity index (χ3v) is 4.83. The fourth-order valence-electron chi connectivity index (χ4n) is 2.89. The smallest absolute Gasteiger partial charge is 0.0991 e. The molecule has 4 nitrogen and oxygen atoms in total. The lowest BCUT2D eigenvalue weighted by molar-refractivity contribution is 0.0916. The van der Waals surface area contributed by atoms with Crippen molar-refractivity contribution in [2.45, 2.75) is 57.4 Å². The Morgan fingerprint density at radius 2 is 1.24 bits per heavy atom. The molecule has 0 aromatic carbocycles. The molecule has 6 N–H and O–H groups in total. The van der Waals surface area contributed by atoms with Crippen LogP contribution in [-0.4, -0.2) is 33.5 Å². The van der Waals surface area contributed by atoms with Crippen LogP contribution in [0.2, 0.25) is 0 Å². The highest BCUT2D eigenvalue weighted by atomic mass is 16.3. The molecule has 0 aliphatic heterocycles. The van der Waals surface area contributed by atoms with Crippen LogP contribution in [0, 0.1) is 0 Å². The van der Waals surface area contributed by atoms with Crippen molar-refractivity contribution < 1.29 is 10.2 Å². The van der Waals surface area contributed by atoms with E-state index in [-0.39, 0.29) is 0 Å². The van der Waals surface area contributed by atoms with E-state index in [4.69, 9.17) is 11.5 Å². The minimum absolute atomic E-state index is 0.400. The van der Waals surface area contributed by atoms with E-state index in [1.165, 1.54) is 0 Å². The van der Waals surface area contributed by atoms with E-state index in [1.54, 1.807) is 26.0 Å². The van der Waals surface area contributed by atoms with Gasteiger partial charge in [-0.05, 0) is 56.4 Å². The van der Waals surface area contributed by atoms with Gasteiger partial charge in [-0.3, -0.25) is 0 Å². The highest BCUT2D eigenvalue weighted by molar-refractivity contribution is 5.45. The first kappa shape index (κ1) is 16.2. The Hall–Kier alpha value is -1.20. The van der Waals surface area contributed by atoms with Crippen molar-refractivity contribution in [3.63, 3.8) is 0 Å². The van der Waals surface area contributed by atoms with Gasteiger partial charge in [0.25, 0.3) is 0 Å². The van der Waals surface area contributed by atoms with Gasteiger partial charge in [0, 0.05) is 0 Å². The van der Waals surface area contributed by atoms with Crippen LogP contribution in [0.1, 0.15) is 34.1 Å². The SMILES string of the molecule is CC1=C(CC2=C(C)C(N)C(C)(O)C=C2)C=CC(C)(O)C1N.